The van der Waals surface area contributed by atoms with Crippen molar-refractivity contribution in [3.63, 3.8) is 0 Å². The van der Waals surface area contributed by atoms with Crippen LogP contribution in [0.4, 0.5) is 10.1 Å². The van der Waals surface area contributed by atoms with E-state index < -0.39 is 24.3 Å². The van der Waals surface area contributed by atoms with Crippen molar-refractivity contribution in [1.29, 1.82) is 0 Å². The molecule has 0 aliphatic heterocycles. The number of nitrogens with one attached hydrogen (secondary N) is 1. The largest absolute Gasteiger partial charge is 0.508 e. The number of halogens is 1. The molecule has 0 saturated carbocycles. The van der Waals surface area contributed by atoms with Crippen LogP contribution in [0.15, 0.2) is 72.8 Å². The fourth-order valence-electron chi connectivity index (χ4n) is 2.42. The predicted molar refractivity (Wildman–Crippen MR) is 98.9 cm³/mol. The van der Waals surface area contributed by atoms with Crippen LogP contribution in [0.5, 0.6) is 5.75 Å². The smallest absolute Gasteiger partial charge is 0.338 e. The van der Waals surface area contributed by atoms with E-state index in [1.165, 1.54) is 18.2 Å². The van der Waals surface area contributed by atoms with Crippen LogP contribution >= 0.6 is 0 Å². The first-order chi connectivity index (χ1) is 13.0. The normalized spacial score (nSPS) is 10.3. The molecule has 136 valence electrons. The Kier molecular flexibility index (Phi) is 5.47. The van der Waals surface area contributed by atoms with Gasteiger partial charge in [-0.2, -0.15) is 0 Å². The molecule has 5 nitrogen and oxygen atoms in total. The van der Waals surface area contributed by atoms with Crippen LogP contribution in [0.3, 0.4) is 0 Å². The molecule has 0 radical (unpaired) electrons. The van der Waals surface area contributed by atoms with Gasteiger partial charge in [0.2, 0.25) is 0 Å². The summed E-state index contributed by atoms with van der Waals surface area (Å²) in [6.45, 7) is -0.521. The van der Waals surface area contributed by atoms with Crippen LogP contribution in [-0.4, -0.2) is 23.6 Å². The quantitative estimate of drug-likeness (QED) is 0.670. The third-order valence-electron chi connectivity index (χ3n) is 3.80. The number of ether oxygens (including phenoxy) is 1. The van der Waals surface area contributed by atoms with Crippen molar-refractivity contribution in [3.05, 3.63) is 84.2 Å². The number of hydrogen-bond donors (Lipinski definition) is 2. The number of benzene rings is 3. The molecule has 0 atom stereocenters. The van der Waals surface area contributed by atoms with Gasteiger partial charge < -0.3 is 15.2 Å². The number of anilines is 1. The van der Waals surface area contributed by atoms with Gasteiger partial charge in [-0.05, 0) is 47.5 Å². The van der Waals surface area contributed by atoms with E-state index in [1.807, 2.05) is 0 Å². The van der Waals surface area contributed by atoms with E-state index in [2.05, 4.69) is 5.32 Å². The molecule has 27 heavy (non-hydrogen) atoms. The number of hydrogen-bond acceptors (Lipinski definition) is 4. The molecule has 3 aromatic rings. The fraction of sp³-hybridized carbons (Fsp3) is 0.0476. The minimum Gasteiger partial charge on any atom is -0.508 e. The summed E-state index contributed by atoms with van der Waals surface area (Å²) in [6.07, 6.45) is 0. The Labute approximate surface area is 155 Å². The van der Waals surface area contributed by atoms with Crippen molar-refractivity contribution in [2.24, 2.45) is 0 Å². The number of carbonyl (C=O) groups is 2. The SMILES string of the molecule is O=C(COC(=O)c1ccc(-c2ccc(O)cc2)cc1)Nc1ccccc1F. The second-order valence-corrected chi connectivity index (χ2v) is 5.73. The van der Waals surface area contributed by atoms with E-state index in [4.69, 9.17) is 4.74 Å². The summed E-state index contributed by atoms with van der Waals surface area (Å²) in [6, 6.07) is 19.0. The fourth-order valence-corrected chi connectivity index (χ4v) is 2.42. The first-order valence-corrected chi connectivity index (χ1v) is 8.14. The maximum absolute atomic E-state index is 13.5. The number of rotatable bonds is 5. The summed E-state index contributed by atoms with van der Waals surface area (Å²) in [5, 5.41) is 11.7. The lowest BCUT2D eigenvalue weighted by molar-refractivity contribution is -0.119. The number of carbonyl (C=O) groups excluding carboxylic acids is 2. The maximum Gasteiger partial charge on any atom is 0.338 e. The van der Waals surface area contributed by atoms with E-state index >= 15 is 0 Å². The Bertz CT molecular complexity index is 953. The molecular formula is C21H16FNO4. The van der Waals surface area contributed by atoms with Crippen LogP contribution in [-0.2, 0) is 9.53 Å². The van der Waals surface area contributed by atoms with Crippen molar-refractivity contribution in [2.75, 3.05) is 11.9 Å². The molecule has 0 heterocycles. The molecule has 0 saturated heterocycles. The van der Waals surface area contributed by atoms with Gasteiger partial charge in [-0.15, -0.1) is 0 Å². The Morgan fingerprint density at radius 2 is 1.48 bits per heavy atom. The zero-order chi connectivity index (χ0) is 19.2. The molecule has 0 bridgehead atoms. The molecule has 0 spiro atoms. The second-order valence-electron chi connectivity index (χ2n) is 5.73. The van der Waals surface area contributed by atoms with Crippen molar-refractivity contribution >= 4 is 17.6 Å². The lowest BCUT2D eigenvalue weighted by Crippen LogP contribution is -2.21. The minimum absolute atomic E-state index is 0.0248. The molecule has 3 rings (SSSR count). The van der Waals surface area contributed by atoms with Gasteiger partial charge in [-0.3, -0.25) is 4.79 Å². The highest BCUT2D eigenvalue weighted by atomic mass is 19.1. The summed E-state index contributed by atoms with van der Waals surface area (Å²) in [7, 11) is 0. The predicted octanol–water partition coefficient (Wildman–Crippen LogP) is 3.99. The third kappa shape index (κ3) is 4.70. The van der Waals surface area contributed by atoms with Gasteiger partial charge in [-0.25, -0.2) is 9.18 Å². The van der Waals surface area contributed by atoms with Gasteiger partial charge in [0.05, 0.1) is 11.3 Å². The number of aromatic hydroxyl groups is 1. The molecule has 3 aromatic carbocycles. The Balaban J connectivity index is 1.57. The summed E-state index contributed by atoms with van der Waals surface area (Å²) < 4.78 is 18.4. The molecule has 0 aromatic heterocycles. The number of phenols is 1. The van der Waals surface area contributed by atoms with Gasteiger partial charge in [0.15, 0.2) is 6.61 Å². The standard InChI is InChI=1S/C21H16FNO4/c22-18-3-1-2-4-19(18)23-20(25)13-27-21(26)16-7-5-14(6-8-16)15-9-11-17(24)12-10-15/h1-12,24H,13H2,(H,23,25). The van der Waals surface area contributed by atoms with Gasteiger partial charge in [-0.1, -0.05) is 36.4 Å². The van der Waals surface area contributed by atoms with E-state index in [1.54, 1.807) is 54.6 Å². The highest BCUT2D eigenvalue weighted by molar-refractivity contribution is 5.95. The highest BCUT2D eigenvalue weighted by Crippen LogP contribution is 2.22. The van der Waals surface area contributed by atoms with Gasteiger partial charge >= 0.3 is 5.97 Å². The average molecular weight is 365 g/mol. The molecule has 0 aliphatic carbocycles. The van der Waals surface area contributed by atoms with E-state index in [9.17, 15) is 19.1 Å². The Morgan fingerprint density at radius 1 is 0.889 bits per heavy atom. The Morgan fingerprint density at radius 3 is 2.11 bits per heavy atom. The molecule has 1 amide bonds. The van der Waals surface area contributed by atoms with Crippen molar-refractivity contribution in [3.8, 4) is 16.9 Å². The van der Waals surface area contributed by atoms with E-state index in [0.29, 0.717) is 0 Å². The monoisotopic (exact) mass is 365 g/mol. The van der Waals surface area contributed by atoms with Gasteiger partial charge in [0.25, 0.3) is 5.91 Å². The van der Waals surface area contributed by atoms with Crippen LogP contribution < -0.4 is 5.32 Å². The molecule has 6 heteroatoms. The van der Waals surface area contributed by atoms with E-state index in [0.717, 1.165) is 11.1 Å². The number of para-hydroxylation sites is 1. The van der Waals surface area contributed by atoms with Crippen molar-refractivity contribution in [2.45, 2.75) is 0 Å². The summed E-state index contributed by atoms with van der Waals surface area (Å²) >= 11 is 0. The summed E-state index contributed by atoms with van der Waals surface area (Å²) in [5.74, 6) is -1.68. The molecule has 0 aliphatic rings. The molecular weight excluding hydrogens is 349 g/mol. The second kappa shape index (κ2) is 8.14. The van der Waals surface area contributed by atoms with Crippen molar-refractivity contribution in [1.82, 2.24) is 0 Å². The lowest BCUT2D eigenvalue weighted by atomic mass is 10.0. The number of amides is 1. The summed E-state index contributed by atoms with van der Waals surface area (Å²) in [4.78, 5) is 23.8. The first kappa shape index (κ1) is 18.1. The average Bonchev–Trinajstić information content (AvgIpc) is 2.69. The summed E-state index contributed by atoms with van der Waals surface area (Å²) in [5.41, 5.74) is 2.06. The Hall–Kier alpha value is -3.67. The van der Waals surface area contributed by atoms with Crippen LogP contribution in [0, 0.1) is 5.82 Å². The van der Waals surface area contributed by atoms with Crippen LogP contribution in [0.25, 0.3) is 11.1 Å². The third-order valence-corrected chi connectivity index (χ3v) is 3.80. The van der Waals surface area contributed by atoms with Gasteiger partial charge in [0.1, 0.15) is 11.6 Å². The highest BCUT2D eigenvalue weighted by Gasteiger charge is 2.12. The molecule has 0 fully saturated rings. The van der Waals surface area contributed by atoms with Crippen LogP contribution in [0.2, 0.25) is 0 Å². The zero-order valence-corrected chi connectivity index (χ0v) is 14.2. The zero-order valence-electron chi connectivity index (χ0n) is 14.2. The minimum atomic E-state index is -0.657. The number of esters is 1. The first-order valence-electron chi connectivity index (χ1n) is 8.14. The number of phenolic OH excluding ortho intramolecular Hbond substituents is 1. The topological polar surface area (TPSA) is 75.6 Å². The van der Waals surface area contributed by atoms with Crippen molar-refractivity contribution < 1.29 is 23.8 Å². The van der Waals surface area contributed by atoms with Gasteiger partial charge in [0, 0.05) is 0 Å². The van der Waals surface area contributed by atoms with E-state index in [-0.39, 0.29) is 17.0 Å². The van der Waals surface area contributed by atoms with Crippen LogP contribution in [0.1, 0.15) is 10.4 Å². The maximum atomic E-state index is 13.5. The molecule has 0 unspecified atom stereocenters. The molecule has 2 N–H and O–H groups in total. The lowest BCUT2D eigenvalue weighted by Gasteiger charge is -2.08.